The molecule has 4 heteroatoms. The second-order valence-electron chi connectivity index (χ2n) is 8.04. The van der Waals surface area contributed by atoms with Crippen molar-refractivity contribution in [2.75, 3.05) is 10.0 Å². The van der Waals surface area contributed by atoms with Gasteiger partial charge in [-0.2, -0.15) is 5.12 Å². The minimum Gasteiger partial charge on any atom is -0.309 e. The summed E-state index contributed by atoms with van der Waals surface area (Å²) in [5.41, 5.74) is 7.06. The molecule has 7 rings (SSSR count). The number of hydrogen-bond acceptors (Lipinski definition) is 3. The Labute approximate surface area is 186 Å². The predicted molar refractivity (Wildman–Crippen MR) is 132 cm³/mol. The quantitative estimate of drug-likeness (QED) is 0.313. The standard InChI is InChI=1S/C28H20N4/c1-2-10-21(11-3-1)31-25-13-5-4-12-23(25)24-20-22(16-17-26(24)31)32-28-15-7-6-14-27(28)29-18-8-9-19-30(29)32/h1-20H. The van der Waals surface area contributed by atoms with E-state index in [-0.39, 0.29) is 0 Å². The fourth-order valence-corrected chi connectivity index (χ4v) is 4.90. The molecule has 1 aromatic heterocycles. The largest absolute Gasteiger partial charge is 0.309 e. The van der Waals surface area contributed by atoms with Gasteiger partial charge in [0.1, 0.15) is 0 Å². The van der Waals surface area contributed by atoms with Gasteiger partial charge in [-0.3, -0.25) is 0 Å². The van der Waals surface area contributed by atoms with Crippen LogP contribution in [-0.4, -0.2) is 9.69 Å². The number of anilines is 3. The first-order valence-corrected chi connectivity index (χ1v) is 10.8. The Morgan fingerprint density at radius 3 is 2.12 bits per heavy atom. The summed E-state index contributed by atoms with van der Waals surface area (Å²) in [5.74, 6) is 0. The van der Waals surface area contributed by atoms with E-state index in [1.54, 1.807) is 0 Å². The number of benzene rings is 4. The van der Waals surface area contributed by atoms with E-state index in [2.05, 4.69) is 141 Å². The molecule has 5 aromatic rings. The molecule has 0 saturated heterocycles. The molecule has 0 bridgehead atoms. The average molecular weight is 412 g/mol. The molecule has 0 N–H and O–H groups in total. The molecule has 3 heterocycles. The molecule has 0 atom stereocenters. The molecule has 2 aliphatic heterocycles. The molecule has 0 unspecified atom stereocenters. The van der Waals surface area contributed by atoms with Crippen molar-refractivity contribution in [2.45, 2.75) is 0 Å². The summed E-state index contributed by atoms with van der Waals surface area (Å²) in [6, 6.07) is 34.5. The topological polar surface area (TPSA) is 14.7 Å². The predicted octanol–water partition coefficient (Wildman–Crippen LogP) is 6.91. The average Bonchev–Trinajstić information content (AvgIpc) is 3.37. The Morgan fingerprint density at radius 2 is 1.22 bits per heavy atom. The van der Waals surface area contributed by atoms with Crippen LogP contribution in [0.2, 0.25) is 0 Å². The molecule has 32 heavy (non-hydrogen) atoms. The van der Waals surface area contributed by atoms with Gasteiger partial charge in [-0.25, -0.2) is 10.0 Å². The summed E-state index contributed by atoms with van der Waals surface area (Å²) in [7, 11) is 0. The Balaban J connectivity index is 1.48. The van der Waals surface area contributed by atoms with Gasteiger partial charge in [-0.1, -0.05) is 48.5 Å². The summed E-state index contributed by atoms with van der Waals surface area (Å²) < 4.78 is 2.35. The van der Waals surface area contributed by atoms with Crippen LogP contribution in [0.5, 0.6) is 0 Å². The highest BCUT2D eigenvalue weighted by atomic mass is 15.9. The highest BCUT2D eigenvalue weighted by Crippen LogP contribution is 2.45. The molecule has 4 nitrogen and oxygen atoms in total. The van der Waals surface area contributed by atoms with Crippen molar-refractivity contribution >= 4 is 38.9 Å². The summed E-state index contributed by atoms with van der Waals surface area (Å²) in [6.07, 6.45) is 8.32. The molecule has 152 valence electrons. The van der Waals surface area contributed by atoms with Crippen molar-refractivity contribution in [1.29, 1.82) is 0 Å². The lowest BCUT2D eigenvalue weighted by Gasteiger charge is -2.34. The number of rotatable bonds is 2. The molecule has 0 fully saturated rings. The van der Waals surface area contributed by atoms with E-state index < -0.39 is 0 Å². The monoisotopic (exact) mass is 412 g/mol. The lowest BCUT2D eigenvalue weighted by Crippen LogP contribution is -2.40. The number of nitrogens with zero attached hydrogens (tertiary/aromatic N) is 4. The Kier molecular flexibility index (Phi) is 3.52. The van der Waals surface area contributed by atoms with E-state index >= 15 is 0 Å². The van der Waals surface area contributed by atoms with Gasteiger partial charge in [0.05, 0.1) is 28.1 Å². The van der Waals surface area contributed by atoms with Gasteiger partial charge in [0.25, 0.3) is 0 Å². The fraction of sp³-hybridized carbons (Fsp3) is 0. The van der Waals surface area contributed by atoms with Gasteiger partial charge in [0.15, 0.2) is 0 Å². The number of hydrogen-bond donors (Lipinski definition) is 0. The SMILES string of the molecule is C1=CN2c3ccccc3N(c3ccc4c(c3)c3ccccc3n4-c3ccccc3)N2C=C1. The van der Waals surface area contributed by atoms with E-state index in [9.17, 15) is 0 Å². The highest BCUT2D eigenvalue weighted by Gasteiger charge is 2.33. The van der Waals surface area contributed by atoms with E-state index in [0.29, 0.717) is 0 Å². The van der Waals surface area contributed by atoms with Crippen LogP contribution >= 0.6 is 0 Å². The highest BCUT2D eigenvalue weighted by molar-refractivity contribution is 6.10. The Morgan fingerprint density at radius 1 is 0.500 bits per heavy atom. The van der Waals surface area contributed by atoms with Crippen LogP contribution in [0.3, 0.4) is 0 Å². The minimum absolute atomic E-state index is 1.13. The molecule has 2 aliphatic rings. The molecule has 0 saturated carbocycles. The summed E-state index contributed by atoms with van der Waals surface area (Å²) >= 11 is 0. The zero-order valence-corrected chi connectivity index (χ0v) is 17.3. The van der Waals surface area contributed by atoms with Crippen molar-refractivity contribution in [3.05, 3.63) is 122 Å². The van der Waals surface area contributed by atoms with Gasteiger partial charge >= 0.3 is 0 Å². The van der Waals surface area contributed by atoms with Crippen LogP contribution in [0.4, 0.5) is 17.1 Å². The fourth-order valence-electron chi connectivity index (χ4n) is 4.90. The Bertz CT molecular complexity index is 1540. The van der Waals surface area contributed by atoms with Crippen LogP contribution < -0.4 is 10.0 Å². The summed E-state index contributed by atoms with van der Waals surface area (Å²) in [4.78, 5) is 0. The van der Waals surface area contributed by atoms with Gasteiger partial charge < -0.3 is 4.57 Å². The Hall–Kier alpha value is -4.44. The van der Waals surface area contributed by atoms with Crippen LogP contribution in [0.15, 0.2) is 122 Å². The van der Waals surface area contributed by atoms with Crippen LogP contribution in [0, 0.1) is 0 Å². The number of hydrazine groups is 2. The summed E-state index contributed by atoms with van der Waals surface area (Å²) in [6.45, 7) is 0. The van der Waals surface area contributed by atoms with Crippen LogP contribution in [-0.2, 0) is 0 Å². The maximum Gasteiger partial charge on any atom is 0.0909 e. The molecule has 0 radical (unpaired) electrons. The number of para-hydroxylation sites is 4. The zero-order chi connectivity index (χ0) is 21.1. The van der Waals surface area contributed by atoms with E-state index in [1.807, 2.05) is 0 Å². The normalized spacial score (nSPS) is 14.4. The lowest BCUT2D eigenvalue weighted by molar-refractivity contribution is 0.408. The van der Waals surface area contributed by atoms with Crippen molar-refractivity contribution < 1.29 is 0 Å². The van der Waals surface area contributed by atoms with E-state index in [4.69, 9.17) is 0 Å². The molecule has 0 amide bonds. The van der Waals surface area contributed by atoms with Crippen molar-refractivity contribution in [2.24, 2.45) is 0 Å². The third-order valence-corrected chi connectivity index (χ3v) is 6.26. The van der Waals surface area contributed by atoms with Gasteiger partial charge in [-0.05, 0) is 60.7 Å². The van der Waals surface area contributed by atoms with Gasteiger partial charge in [-0.15, -0.1) is 0 Å². The molecule has 0 aliphatic carbocycles. The second-order valence-corrected chi connectivity index (χ2v) is 8.04. The van der Waals surface area contributed by atoms with E-state index in [0.717, 1.165) is 11.4 Å². The minimum atomic E-state index is 1.13. The van der Waals surface area contributed by atoms with E-state index in [1.165, 1.54) is 33.2 Å². The van der Waals surface area contributed by atoms with Crippen LogP contribution in [0.1, 0.15) is 0 Å². The molecule has 4 aromatic carbocycles. The van der Waals surface area contributed by atoms with Crippen molar-refractivity contribution in [1.82, 2.24) is 9.69 Å². The third-order valence-electron chi connectivity index (χ3n) is 6.26. The number of aromatic nitrogens is 1. The molecular weight excluding hydrogens is 392 g/mol. The maximum absolute atomic E-state index is 2.35. The lowest BCUT2D eigenvalue weighted by atomic mass is 10.1. The first kappa shape index (κ1) is 17.3. The van der Waals surface area contributed by atoms with Gasteiger partial charge in [0.2, 0.25) is 0 Å². The number of fused-ring (bicyclic) bond motifs is 6. The number of allylic oxidation sites excluding steroid dienone is 2. The smallest absolute Gasteiger partial charge is 0.0909 e. The maximum atomic E-state index is 2.35. The second kappa shape index (κ2) is 6.53. The summed E-state index contributed by atoms with van der Waals surface area (Å²) in [5, 5.41) is 9.10. The van der Waals surface area contributed by atoms with Crippen molar-refractivity contribution in [3.63, 3.8) is 0 Å². The van der Waals surface area contributed by atoms with Crippen molar-refractivity contribution in [3.8, 4) is 5.69 Å². The zero-order valence-electron chi connectivity index (χ0n) is 17.3. The third kappa shape index (κ3) is 2.32. The first-order chi connectivity index (χ1) is 15.9. The van der Waals surface area contributed by atoms with Crippen LogP contribution in [0.25, 0.3) is 27.5 Å². The molecule has 0 spiro atoms. The molecular formula is C28H20N4. The first-order valence-electron chi connectivity index (χ1n) is 10.8. The van der Waals surface area contributed by atoms with Gasteiger partial charge in [0, 0.05) is 28.9 Å².